The second-order valence-corrected chi connectivity index (χ2v) is 7.35. The van der Waals surface area contributed by atoms with Crippen molar-refractivity contribution in [2.75, 3.05) is 31.1 Å². The molecule has 0 aromatic heterocycles. The number of carbonyl (C=O) groups excluding carboxylic acids is 1. The number of hydrogen-bond acceptors (Lipinski definition) is 5. The predicted octanol–water partition coefficient (Wildman–Crippen LogP) is 5.50. The largest absolute Gasteiger partial charge is 0.496 e. The fourth-order valence-electron chi connectivity index (χ4n) is 3.25. The summed E-state index contributed by atoms with van der Waals surface area (Å²) < 4.78 is 57.5. The first-order chi connectivity index (χ1) is 14.3. The Labute approximate surface area is 177 Å². The summed E-state index contributed by atoms with van der Waals surface area (Å²) >= 11 is 1.45. The van der Waals surface area contributed by atoms with Crippen LogP contribution in [-0.4, -0.2) is 32.1 Å². The summed E-state index contributed by atoms with van der Waals surface area (Å²) in [5.41, 5.74) is -0.459. The average Bonchev–Trinajstić information content (AvgIpc) is 3.15. The van der Waals surface area contributed by atoms with Gasteiger partial charge in [0.2, 0.25) is 0 Å². The third kappa shape index (κ3) is 4.43. The van der Waals surface area contributed by atoms with Crippen LogP contribution in [0.25, 0.3) is 0 Å². The van der Waals surface area contributed by atoms with Crippen LogP contribution < -0.4 is 9.64 Å². The van der Waals surface area contributed by atoms with Gasteiger partial charge in [0.15, 0.2) is 6.29 Å². The van der Waals surface area contributed by atoms with E-state index in [2.05, 4.69) is 0 Å². The predicted molar refractivity (Wildman–Crippen MR) is 108 cm³/mol. The number of rotatable bonds is 7. The number of anilines is 1. The van der Waals surface area contributed by atoms with Gasteiger partial charge in [-0.05, 0) is 38.1 Å². The number of nitrogens with zero attached hydrogens (tertiary/aromatic N) is 1. The van der Waals surface area contributed by atoms with Crippen molar-refractivity contribution in [3.8, 4) is 5.75 Å². The second kappa shape index (κ2) is 9.28. The monoisotopic (exact) mass is 441 g/mol. The number of thioether (sulfide) groups is 1. The molecule has 1 aliphatic heterocycles. The molecule has 0 spiro atoms. The fourth-order valence-corrected chi connectivity index (χ4v) is 4.27. The van der Waals surface area contributed by atoms with E-state index >= 15 is 0 Å². The average molecular weight is 441 g/mol. The smallest absolute Gasteiger partial charge is 0.420 e. The molecule has 0 saturated carbocycles. The molecule has 0 atom stereocenters. The first-order valence-corrected chi connectivity index (χ1v) is 10.4. The molecule has 1 heterocycles. The summed E-state index contributed by atoms with van der Waals surface area (Å²) in [5.74, 6) is -0.628. The summed E-state index contributed by atoms with van der Waals surface area (Å²) in [6, 6.07) is 9.45. The van der Waals surface area contributed by atoms with Crippen LogP contribution in [0.4, 0.5) is 18.9 Å². The molecule has 5 nitrogen and oxygen atoms in total. The van der Waals surface area contributed by atoms with Gasteiger partial charge >= 0.3 is 6.18 Å². The first kappa shape index (κ1) is 22.5. The number of halogens is 3. The van der Waals surface area contributed by atoms with Gasteiger partial charge < -0.3 is 14.2 Å². The third-order valence-electron chi connectivity index (χ3n) is 4.51. The van der Waals surface area contributed by atoms with E-state index < -0.39 is 29.7 Å². The number of ether oxygens (including phenoxy) is 3. The number of benzene rings is 2. The van der Waals surface area contributed by atoms with Crippen LogP contribution in [0.15, 0.2) is 41.3 Å². The van der Waals surface area contributed by atoms with E-state index in [9.17, 15) is 18.0 Å². The van der Waals surface area contributed by atoms with Gasteiger partial charge in [-0.25, -0.2) is 0 Å². The topological polar surface area (TPSA) is 48.0 Å². The standard InChI is InChI=1S/C21H22F3NO4S/c1-4-28-20(29-5-2)14-10-13(11-15(18(14)27-3)21(22,23)24)19(26)25-12-30-17-9-7-6-8-16(17)25/h6-11,20H,4-5,12H2,1-3H3. The summed E-state index contributed by atoms with van der Waals surface area (Å²) in [4.78, 5) is 15.6. The van der Waals surface area contributed by atoms with E-state index in [0.717, 1.165) is 18.1 Å². The SMILES string of the molecule is CCOC(OCC)c1cc(C(=O)N2CSc3ccccc32)cc(C(F)(F)F)c1OC. The number of hydrogen-bond donors (Lipinski definition) is 0. The Balaban J connectivity index is 2.13. The number of amides is 1. The zero-order chi connectivity index (χ0) is 21.9. The summed E-state index contributed by atoms with van der Waals surface area (Å²) in [7, 11) is 1.15. The molecule has 1 aliphatic rings. The normalized spacial score (nSPS) is 13.6. The zero-order valence-corrected chi connectivity index (χ0v) is 17.6. The molecule has 9 heteroatoms. The maximum Gasteiger partial charge on any atom is 0.420 e. The molecular weight excluding hydrogens is 419 g/mol. The van der Waals surface area contributed by atoms with Crippen molar-refractivity contribution in [2.24, 2.45) is 0 Å². The summed E-state index contributed by atoms with van der Waals surface area (Å²) in [5, 5.41) is 0. The van der Waals surface area contributed by atoms with Gasteiger partial charge in [0, 0.05) is 23.7 Å². The summed E-state index contributed by atoms with van der Waals surface area (Å²) in [6.45, 7) is 3.83. The van der Waals surface area contributed by atoms with Crippen LogP contribution in [0.1, 0.15) is 41.6 Å². The van der Waals surface area contributed by atoms with Crippen molar-refractivity contribution >= 4 is 23.4 Å². The molecule has 0 fully saturated rings. The van der Waals surface area contributed by atoms with Crippen molar-refractivity contribution in [1.29, 1.82) is 0 Å². The van der Waals surface area contributed by atoms with Gasteiger partial charge in [-0.1, -0.05) is 12.1 Å². The molecule has 162 valence electrons. The van der Waals surface area contributed by atoms with Crippen LogP contribution in [0.5, 0.6) is 5.75 Å². The Hall–Kier alpha value is -2.23. The molecule has 30 heavy (non-hydrogen) atoms. The molecule has 1 amide bonds. The first-order valence-electron chi connectivity index (χ1n) is 9.37. The van der Waals surface area contributed by atoms with Crippen molar-refractivity contribution in [3.63, 3.8) is 0 Å². The van der Waals surface area contributed by atoms with Gasteiger partial charge in [-0.3, -0.25) is 9.69 Å². The van der Waals surface area contributed by atoms with E-state index in [1.54, 1.807) is 26.0 Å². The van der Waals surface area contributed by atoms with Gasteiger partial charge in [0.25, 0.3) is 5.91 Å². The van der Waals surface area contributed by atoms with Crippen molar-refractivity contribution in [2.45, 2.75) is 31.2 Å². The van der Waals surface area contributed by atoms with Crippen molar-refractivity contribution in [1.82, 2.24) is 0 Å². The molecular formula is C21H22F3NO4S. The number of para-hydroxylation sites is 1. The summed E-state index contributed by atoms with van der Waals surface area (Å²) in [6.07, 6.45) is -5.82. The quantitative estimate of drug-likeness (QED) is 0.532. The van der Waals surface area contributed by atoms with E-state index in [-0.39, 0.29) is 24.3 Å². The molecule has 0 unspecified atom stereocenters. The highest BCUT2D eigenvalue weighted by Crippen LogP contribution is 2.44. The number of fused-ring (bicyclic) bond motifs is 1. The van der Waals surface area contributed by atoms with Gasteiger partial charge in [0.1, 0.15) is 5.75 Å². The molecule has 0 radical (unpaired) electrons. The lowest BCUT2D eigenvalue weighted by molar-refractivity contribution is -0.145. The molecule has 0 N–H and O–H groups in total. The van der Waals surface area contributed by atoms with Gasteiger partial charge in [-0.15, -0.1) is 11.8 Å². The lowest BCUT2D eigenvalue weighted by Crippen LogP contribution is -2.28. The lowest BCUT2D eigenvalue weighted by Gasteiger charge is -2.24. The van der Waals surface area contributed by atoms with E-state index in [1.165, 1.54) is 22.7 Å². The Morgan fingerprint density at radius 3 is 2.43 bits per heavy atom. The van der Waals surface area contributed by atoms with Crippen molar-refractivity contribution in [3.05, 3.63) is 53.1 Å². The van der Waals surface area contributed by atoms with Crippen LogP contribution >= 0.6 is 11.8 Å². The molecule has 0 bridgehead atoms. The highest BCUT2D eigenvalue weighted by Gasteiger charge is 2.39. The van der Waals surface area contributed by atoms with Crippen LogP contribution in [0.2, 0.25) is 0 Å². The molecule has 0 saturated heterocycles. The molecule has 2 aromatic carbocycles. The van der Waals surface area contributed by atoms with E-state index in [0.29, 0.717) is 11.6 Å². The second-order valence-electron chi connectivity index (χ2n) is 6.36. The number of methoxy groups -OCH3 is 1. The van der Waals surface area contributed by atoms with E-state index in [4.69, 9.17) is 14.2 Å². The van der Waals surface area contributed by atoms with Crippen molar-refractivity contribution < 1.29 is 32.2 Å². The van der Waals surface area contributed by atoms with Crippen LogP contribution in [0.3, 0.4) is 0 Å². The van der Waals surface area contributed by atoms with Crippen LogP contribution in [-0.2, 0) is 15.7 Å². The maximum atomic E-state index is 13.8. The number of alkyl halides is 3. The number of carbonyl (C=O) groups is 1. The van der Waals surface area contributed by atoms with Gasteiger partial charge in [0.05, 0.1) is 29.8 Å². The highest BCUT2D eigenvalue weighted by molar-refractivity contribution is 8.00. The lowest BCUT2D eigenvalue weighted by atomic mass is 10.0. The molecule has 0 aliphatic carbocycles. The Morgan fingerprint density at radius 2 is 1.83 bits per heavy atom. The highest BCUT2D eigenvalue weighted by atomic mass is 32.2. The van der Waals surface area contributed by atoms with Crippen LogP contribution in [0, 0.1) is 0 Å². The fraction of sp³-hybridized carbons (Fsp3) is 0.381. The van der Waals surface area contributed by atoms with Gasteiger partial charge in [-0.2, -0.15) is 13.2 Å². The molecule has 3 rings (SSSR count). The zero-order valence-electron chi connectivity index (χ0n) is 16.8. The molecule has 2 aromatic rings. The minimum absolute atomic E-state index is 0.0273. The Bertz CT molecular complexity index is 914. The van der Waals surface area contributed by atoms with E-state index in [1.807, 2.05) is 12.1 Å². The Kier molecular flexibility index (Phi) is 6.95. The third-order valence-corrected chi connectivity index (χ3v) is 5.56. The Morgan fingerprint density at radius 1 is 1.17 bits per heavy atom. The minimum Gasteiger partial charge on any atom is -0.496 e. The minimum atomic E-state index is -4.73. The maximum absolute atomic E-state index is 13.8.